The number of hydrogen-bond donors (Lipinski definition) is 0. The van der Waals surface area contributed by atoms with Crippen molar-refractivity contribution in [3.8, 4) is 11.5 Å². The van der Waals surface area contributed by atoms with Crippen molar-refractivity contribution in [1.29, 1.82) is 0 Å². The monoisotopic (exact) mass is 241 g/mol. The summed E-state index contributed by atoms with van der Waals surface area (Å²) >= 11 is 0. The molecule has 0 amide bonds. The Morgan fingerprint density at radius 3 is 2.38 bits per heavy atom. The first-order chi connectivity index (χ1) is 7.37. The highest BCUT2D eigenvalue weighted by Gasteiger charge is 2.28. The Labute approximate surface area is 87.6 Å². The molecule has 7 heteroatoms. The molecule has 1 aromatic carbocycles. The van der Waals surface area contributed by atoms with Crippen molar-refractivity contribution >= 4 is 0 Å². The van der Waals surface area contributed by atoms with Crippen molar-refractivity contribution in [2.24, 2.45) is 0 Å². The minimum absolute atomic E-state index is 0.240. The lowest BCUT2D eigenvalue weighted by Gasteiger charge is -2.10. The second kappa shape index (κ2) is 5.00. The van der Waals surface area contributed by atoms with Crippen LogP contribution in [0.2, 0.25) is 0 Å². The fraction of sp³-hybridized carbons (Fsp3) is 0.333. The quantitative estimate of drug-likeness (QED) is 0.754. The zero-order valence-electron chi connectivity index (χ0n) is 7.72. The molecule has 89 valence electrons. The lowest BCUT2D eigenvalue weighted by Crippen LogP contribution is -2.19. The normalized spacial score (nSPS) is 11.6. The third-order valence-corrected chi connectivity index (χ3v) is 1.36. The van der Waals surface area contributed by atoms with Gasteiger partial charge in [0, 0.05) is 6.07 Å². The highest BCUT2D eigenvalue weighted by atomic mass is 19.4. The maximum absolute atomic E-state index is 11.8. The lowest BCUT2D eigenvalue weighted by atomic mass is 10.3. The number of hydrogen-bond acceptors (Lipinski definition) is 2. The average Bonchev–Trinajstić information content (AvgIpc) is 2.13. The standard InChI is InChI=1S/C9H6F5O2/c10-8(11)16-7-3-1-2-6(4-7)15-5-9(12,13)14/h2-4,8H,5H2. The van der Waals surface area contributed by atoms with Crippen LogP contribution in [-0.2, 0) is 0 Å². The molecule has 0 heterocycles. The first-order valence-electron chi connectivity index (χ1n) is 4.02. The van der Waals surface area contributed by atoms with Crippen LogP contribution in [0.5, 0.6) is 11.5 Å². The predicted octanol–water partition coefficient (Wildman–Crippen LogP) is 3.03. The van der Waals surface area contributed by atoms with Crippen LogP contribution in [0, 0.1) is 6.07 Å². The van der Waals surface area contributed by atoms with Crippen molar-refractivity contribution in [1.82, 2.24) is 0 Å². The summed E-state index contributed by atoms with van der Waals surface area (Å²) in [5.41, 5.74) is 0. The van der Waals surface area contributed by atoms with E-state index in [1.54, 1.807) is 0 Å². The number of ether oxygens (including phenoxy) is 2. The van der Waals surface area contributed by atoms with Crippen molar-refractivity contribution in [2.45, 2.75) is 12.8 Å². The van der Waals surface area contributed by atoms with Crippen LogP contribution in [0.1, 0.15) is 0 Å². The summed E-state index contributed by atoms with van der Waals surface area (Å²) in [7, 11) is 0. The van der Waals surface area contributed by atoms with Gasteiger partial charge in [-0.25, -0.2) is 0 Å². The van der Waals surface area contributed by atoms with E-state index in [2.05, 4.69) is 15.5 Å². The third kappa shape index (κ3) is 4.81. The van der Waals surface area contributed by atoms with E-state index in [0.717, 1.165) is 18.2 Å². The summed E-state index contributed by atoms with van der Waals surface area (Å²) < 4.78 is 67.1. The number of rotatable bonds is 4. The molecular weight excluding hydrogens is 235 g/mol. The minimum Gasteiger partial charge on any atom is -0.484 e. The second-order valence-electron chi connectivity index (χ2n) is 2.69. The molecule has 0 saturated carbocycles. The first-order valence-corrected chi connectivity index (χ1v) is 4.02. The van der Waals surface area contributed by atoms with E-state index in [9.17, 15) is 22.0 Å². The first kappa shape index (κ1) is 12.5. The molecule has 0 aromatic heterocycles. The van der Waals surface area contributed by atoms with Gasteiger partial charge >= 0.3 is 12.8 Å². The molecule has 0 atom stereocenters. The molecule has 0 spiro atoms. The lowest BCUT2D eigenvalue weighted by molar-refractivity contribution is -0.153. The van der Waals surface area contributed by atoms with E-state index >= 15 is 0 Å². The maximum atomic E-state index is 11.8. The van der Waals surface area contributed by atoms with Gasteiger partial charge in [-0.1, -0.05) is 0 Å². The maximum Gasteiger partial charge on any atom is 0.422 e. The van der Waals surface area contributed by atoms with Crippen molar-refractivity contribution in [3.05, 3.63) is 24.3 Å². The van der Waals surface area contributed by atoms with Gasteiger partial charge in [-0.2, -0.15) is 22.0 Å². The number of alkyl halides is 5. The highest BCUT2D eigenvalue weighted by molar-refractivity contribution is 5.32. The van der Waals surface area contributed by atoms with Crippen molar-refractivity contribution < 1.29 is 31.4 Å². The second-order valence-corrected chi connectivity index (χ2v) is 2.69. The molecule has 0 aliphatic heterocycles. The van der Waals surface area contributed by atoms with Gasteiger partial charge in [0.1, 0.15) is 11.5 Å². The minimum atomic E-state index is -4.49. The van der Waals surface area contributed by atoms with Crippen molar-refractivity contribution in [2.75, 3.05) is 6.61 Å². The predicted molar refractivity (Wildman–Crippen MR) is 43.5 cm³/mol. The Morgan fingerprint density at radius 2 is 1.81 bits per heavy atom. The summed E-state index contributed by atoms with van der Waals surface area (Å²) in [4.78, 5) is 0. The van der Waals surface area contributed by atoms with Crippen LogP contribution in [0.25, 0.3) is 0 Å². The molecule has 0 bridgehead atoms. The number of halogens is 5. The molecule has 1 aromatic rings. The summed E-state index contributed by atoms with van der Waals surface area (Å²) in [6.07, 6.45) is -4.49. The Hall–Kier alpha value is -1.53. The fourth-order valence-electron chi connectivity index (χ4n) is 0.849. The molecule has 0 unspecified atom stereocenters. The van der Waals surface area contributed by atoms with Crippen LogP contribution in [0.15, 0.2) is 18.2 Å². The van der Waals surface area contributed by atoms with Crippen LogP contribution in [-0.4, -0.2) is 19.4 Å². The molecule has 2 nitrogen and oxygen atoms in total. The molecule has 0 N–H and O–H groups in total. The molecule has 16 heavy (non-hydrogen) atoms. The smallest absolute Gasteiger partial charge is 0.422 e. The SMILES string of the molecule is FC(F)Oc1c[c]cc(OCC(F)(F)F)c1. The summed E-state index contributed by atoms with van der Waals surface area (Å²) in [6.45, 7) is -4.55. The third-order valence-electron chi connectivity index (χ3n) is 1.36. The van der Waals surface area contributed by atoms with Gasteiger partial charge in [-0.05, 0) is 18.2 Å². The molecule has 1 radical (unpaired) electrons. The van der Waals surface area contributed by atoms with E-state index in [0.29, 0.717) is 0 Å². The van der Waals surface area contributed by atoms with Crippen LogP contribution in [0.4, 0.5) is 22.0 Å². The Morgan fingerprint density at radius 1 is 1.19 bits per heavy atom. The van der Waals surface area contributed by atoms with E-state index in [-0.39, 0.29) is 11.5 Å². The summed E-state index contributed by atoms with van der Waals surface area (Å²) in [5, 5.41) is 0. The fourth-order valence-corrected chi connectivity index (χ4v) is 0.849. The number of benzene rings is 1. The Bertz CT molecular complexity index is 337. The van der Waals surface area contributed by atoms with Gasteiger partial charge < -0.3 is 9.47 Å². The van der Waals surface area contributed by atoms with Gasteiger partial charge in [0.25, 0.3) is 0 Å². The molecule has 0 aliphatic rings. The van der Waals surface area contributed by atoms with Gasteiger partial charge in [0.05, 0.1) is 0 Å². The molecule has 0 aliphatic carbocycles. The van der Waals surface area contributed by atoms with Gasteiger partial charge in [0.2, 0.25) is 0 Å². The Kier molecular flexibility index (Phi) is 3.92. The van der Waals surface area contributed by atoms with Crippen LogP contribution < -0.4 is 9.47 Å². The summed E-state index contributed by atoms with van der Waals surface area (Å²) in [5.74, 6) is -0.551. The van der Waals surface area contributed by atoms with E-state index in [1.807, 2.05) is 0 Å². The molecular formula is C9H6F5O2. The molecule has 0 fully saturated rings. The zero-order chi connectivity index (χ0) is 12.2. The van der Waals surface area contributed by atoms with Crippen LogP contribution >= 0.6 is 0 Å². The van der Waals surface area contributed by atoms with E-state index < -0.39 is 19.4 Å². The van der Waals surface area contributed by atoms with Gasteiger partial charge in [-0.15, -0.1) is 0 Å². The topological polar surface area (TPSA) is 18.5 Å². The summed E-state index contributed by atoms with van der Waals surface area (Å²) in [6, 6.07) is 5.40. The highest BCUT2D eigenvalue weighted by Crippen LogP contribution is 2.23. The molecule has 0 saturated heterocycles. The average molecular weight is 241 g/mol. The van der Waals surface area contributed by atoms with Crippen molar-refractivity contribution in [3.63, 3.8) is 0 Å². The van der Waals surface area contributed by atoms with E-state index in [1.165, 1.54) is 0 Å². The van der Waals surface area contributed by atoms with E-state index in [4.69, 9.17) is 0 Å². The Balaban J connectivity index is 2.60. The molecule has 1 rings (SSSR count). The largest absolute Gasteiger partial charge is 0.484 e. The van der Waals surface area contributed by atoms with Crippen LogP contribution in [0.3, 0.4) is 0 Å². The van der Waals surface area contributed by atoms with Gasteiger partial charge in [-0.3, -0.25) is 0 Å². The van der Waals surface area contributed by atoms with Gasteiger partial charge in [0.15, 0.2) is 6.61 Å². The zero-order valence-corrected chi connectivity index (χ0v) is 7.72.